The summed E-state index contributed by atoms with van der Waals surface area (Å²) in [4.78, 5) is 15.2. The normalized spacial score (nSPS) is 12.4. The molecule has 0 aliphatic carbocycles. The van der Waals surface area contributed by atoms with Gasteiger partial charge in [0.15, 0.2) is 5.82 Å². The van der Waals surface area contributed by atoms with Crippen LogP contribution in [0.5, 0.6) is 5.75 Å². The van der Waals surface area contributed by atoms with Crippen molar-refractivity contribution in [2.24, 2.45) is 7.05 Å². The lowest BCUT2D eigenvalue weighted by molar-refractivity contribution is 0.179. The Morgan fingerprint density at radius 2 is 1.94 bits per heavy atom. The molecule has 0 aliphatic rings. The molecule has 178 valence electrons. The van der Waals surface area contributed by atoms with Gasteiger partial charge in [-0.05, 0) is 63.0 Å². The second kappa shape index (κ2) is 9.27. The van der Waals surface area contributed by atoms with E-state index >= 15 is 4.39 Å². The molecule has 9 heteroatoms. The summed E-state index contributed by atoms with van der Waals surface area (Å²) in [5.41, 5.74) is 3.43. The van der Waals surface area contributed by atoms with E-state index in [1.807, 2.05) is 46.4 Å². The van der Waals surface area contributed by atoms with Gasteiger partial charge in [0.05, 0.1) is 28.3 Å². The first-order valence-corrected chi connectivity index (χ1v) is 11.3. The molecule has 0 radical (unpaired) electrons. The molecule has 0 saturated carbocycles. The molecule has 2 aromatic carbocycles. The molecule has 0 unspecified atom stereocenters. The molecule has 5 aromatic rings. The first kappa shape index (κ1) is 22.7. The van der Waals surface area contributed by atoms with Crippen LogP contribution in [0.2, 0.25) is 0 Å². The fraction of sp³-hybridized carbons (Fsp3) is 0.231. The molecule has 3 aromatic heterocycles. The average Bonchev–Trinajstić information content (AvgIpc) is 3.26. The van der Waals surface area contributed by atoms with E-state index in [0.717, 1.165) is 17.7 Å². The largest absolute Gasteiger partial charge is 0.489 e. The molecule has 0 amide bonds. The minimum absolute atomic E-state index is 0.103. The van der Waals surface area contributed by atoms with Gasteiger partial charge in [-0.1, -0.05) is 0 Å². The van der Waals surface area contributed by atoms with Gasteiger partial charge < -0.3 is 15.0 Å². The minimum atomic E-state index is -0.391. The van der Waals surface area contributed by atoms with Crippen LogP contribution < -0.4 is 10.1 Å². The topological polar surface area (TPSA) is 81.0 Å². The van der Waals surface area contributed by atoms with E-state index in [2.05, 4.69) is 30.3 Å². The molecular formula is C26H26FN7O. The number of nitrogens with one attached hydrogen (secondary N) is 1. The lowest BCUT2D eigenvalue weighted by Gasteiger charge is -2.21. The smallest absolute Gasteiger partial charge is 0.156 e. The van der Waals surface area contributed by atoms with E-state index in [-0.39, 0.29) is 6.10 Å². The lowest BCUT2D eigenvalue weighted by Crippen LogP contribution is -2.28. The van der Waals surface area contributed by atoms with Crippen molar-refractivity contribution in [3.63, 3.8) is 0 Å². The Balaban J connectivity index is 1.63. The summed E-state index contributed by atoms with van der Waals surface area (Å²) in [6, 6.07) is 10.8. The number of pyridine rings is 1. The van der Waals surface area contributed by atoms with Crippen LogP contribution in [0, 0.1) is 5.82 Å². The van der Waals surface area contributed by atoms with Crippen molar-refractivity contribution in [3.05, 3.63) is 67.1 Å². The average molecular weight is 472 g/mol. The van der Waals surface area contributed by atoms with Gasteiger partial charge in [-0.3, -0.25) is 9.67 Å². The van der Waals surface area contributed by atoms with E-state index in [1.54, 1.807) is 41.3 Å². The Kier molecular flexibility index (Phi) is 6.00. The van der Waals surface area contributed by atoms with E-state index in [4.69, 9.17) is 4.74 Å². The summed E-state index contributed by atoms with van der Waals surface area (Å²) < 4.78 is 23.4. The van der Waals surface area contributed by atoms with E-state index < -0.39 is 5.82 Å². The number of aromatic nitrogens is 5. The minimum Gasteiger partial charge on any atom is -0.489 e. The van der Waals surface area contributed by atoms with Gasteiger partial charge in [-0.15, -0.1) is 0 Å². The number of likely N-dealkylation sites (N-methyl/N-ethyl adjacent to an activating group) is 1. The van der Waals surface area contributed by atoms with Crippen molar-refractivity contribution < 1.29 is 9.13 Å². The zero-order valence-corrected chi connectivity index (χ0v) is 20.0. The first-order valence-electron chi connectivity index (χ1n) is 11.3. The number of ether oxygens (including phenoxy) is 1. The molecule has 0 fully saturated rings. The number of halogens is 1. The fourth-order valence-electron chi connectivity index (χ4n) is 4.19. The number of aryl methyl sites for hydroxylation is 1. The monoisotopic (exact) mass is 471 g/mol. The predicted octanol–water partition coefficient (Wildman–Crippen LogP) is 4.79. The van der Waals surface area contributed by atoms with Crippen LogP contribution in [-0.4, -0.2) is 56.4 Å². The third kappa shape index (κ3) is 4.63. The van der Waals surface area contributed by atoms with Gasteiger partial charge >= 0.3 is 0 Å². The van der Waals surface area contributed by atoms with Crippen molar-refractivity contribution >= 4 is 33.3 Å². The summed E-state index contributed by atoms with van der Waals surface area (Å²) in [5.74, 6) is 0.682. The number of anilines is 2. The molecule has 8 nitrogen and oxygen atoms in total. The van der Waals surface area contributed by atoms with Gasteiger partial charge in [0.2, 0.25) is 0 Å². The SMILES string of the molecule is C[C@H](CN(C)C)Oc1cc(-c2cnn(C)c2)cc2ncnc(Nc3ccc4ncccc4c3F)c12. The van der Waals surface area contributed by atoms with Crippen LogP contribution in [0.25, 0.3) is 32.9 Å². The molecule has 3 heterocycles. The summed E-state index contributed by atoms with van der Waals surface area (Å²) in [6.07, 6.45) is 6.74. The van der Waals surface area contributed by atoms with Gasteiger partial charge in [0.1, 0.15) is 24.0 Å². The zero-order chi connectivity index (χ0) is 24.5. The quantitative estimate of drug-likeness (QED) is 0.365. The van der Waals surface area contributed by atoms with Crippen LogP contribution >= 0.6 is 0 Å². The van der Waals surface area contributed by atoms with Crippen LogP contribution in [0.15, 0.2) is 61.3 Å². The highest BCUT2D eigenvalue weighted by Gasteiger charge is 2.18. The number of benzene rings is 2. The summed E-state index contributed by atoms with van der Waals surface area (Å²) in [6.45, 7) is 2.73. The Hall–Kier alpha value is -4.11. The van der Waals surface area contributed by atoms with Crippen molar-refractivity contribution in [1.29, 1.82) is 0 Å². The number of rotatable bonds is 7. The summed E-state index contributed by atoms with van der Waals surface area (Å²) in [5, 5.41) is 8.57. The van der Waals surface area contributed by atoms with Crippen molar-refractivity contribution in [2.45, 2.75) is 13.0 Å². The van der Waals surface area contributed by atoms with Crippen molar-refractivity contribution in [2.75, 3.05) is 26.0 Å². The maximum atomic E-state index is 15.3. The third-order valence-electron chi connectivity index (χ3n) is 5.66. The highest BCUT2D eigenvalue weighted by Crippen LogP contribution is 2.37. The Labute approximate surface area is 202 Å². The van der Waals surface area contributed by atoms with Gasteiger partial charge in [0.25, 0.3) is 0 Å². The Bertz CT molecular complexity index is 1510. The number of fused-ring (bicyclic) bond motifs is 2. The predicted molar refractivity (Wildman–Crippen MR) is 135 cm³/mol. The summed E-state index contributed by atoms with van der Waals surface area (Å²) in [7, 11) is 5.87. The van der Waals surface area contributed by atoms with Crippen LogP contribution in [0.1, 0.15) is 6.92 Å². The van der Waals surface area contributed by atoms with Gasteiger partial charge in [-0.25, -0.2) is 14.4 Å². The maximum absolute atomic E-state index is 15.3. The molecular weight excluding hydrogens is 445 g/mol. The Morgan fingerprint density at radius 3 is 2.71 bits per heavy atom. The highest BCUT2D eigenvalue weighted by molar-refractivity contribution is 5.99. The molecule has 1 N–H and O–H groups in total. The number of nitrogens with zero attached hydrogens (tertiary/aromatic N) is 6. The molecule has 0 bridgehead atoms. The molecule has 0 spiro atoms. The van der Waals surface area contributed by atoms with E-state index in [1.165, 1.54) is 6.33 Å². The van der Waals surface area contributed by atoms with Crippen LogP contribution in [-0.2, 0) is 7.05 Å². The molecule has 0 saturated heterocycles. The molecule has 35 heavy (non-hydrogen) atoms. The molecule has 5 rings (SSSR count). The number of hydrogen-bond acceptors (Lipinski definition) is 7. The van der Waals surface area contributed by atoms with Crippen LogP contribution in [0.3, 0.4) is 0 Å². The van der Waals surface area contributed by atoms with Crippen molar-refractivity contribution in [3.8, 4) is 16.9 Å². The van der Waals surface area contributed by atoms with Crippen molar-refractivity contribution in [1.82, 2.24) is 29.6 Å². The standard InChI is InChI=1S/C26H26FN7O/c1-16(13-33(2)3)35-23-11-17(18-12-31-34(4)14-18)10-22-24(23)26(30-15-29-22)32-21-8-7-20-19(25(21)27)6-5-9-28-20/h5-12,14-16H,13H2,1-4H3,(H,29,30,32)/t16-/m1/s1. The zero-order valence-electron chi connectivity index (χ0n) is 20.0. The lowest BCUT2D eigenvalue weighted by atomic mass is 10.1. The van der Waals surface area contributed by atoms with E-state index in [0.29, 0.717) is 39.1 Å². The molecule has 1 atom stereocenters. The second-order valence-corrected chi connectivity index (χ2v) is 8.81. The maximum Gasteiger partial charge on any atom is 0.156 e. The second-order valence-electron chi connectivity index (χ2n) is 8.81. The highest BCUT2D eigenvalue weighted by atomic mass is 19.1. The van der Waals surface area contributed by atoms with Gasteiger partial charge in [0, 0.05) is 36.9 Å². The van der Waals surface area contributed by atoms with Crippen LogP contribution in [0.4, 0.5) is 15.9 Å². The molecule has 0 aliphatic heterocycles. The fourth-order valence-corrected chi connectivity index (χ4v) is 4.19. The number of hydrogen-bond donors (Lipinski definition) is 1. The Morgan fingerprint density at radius 1 is 1.09 bits per heavy atom. The van der Waals surface area contributed by atoms with E-state index in [9.17, 15) is 0 Å². The van der Waals surface area contributed by atoms with Gasteiger partial charge in [-0.2, -0.15) is 5.10 Å². The first-order chi connectivity index (χ1) is 16.9. The summed E-state index contributed by atoms with van der Waals surface area (Å²) >= 11 is 0. The third-order valence-corrected chi connectivity index (χ3v) is 5.66.